The highest BCUT2D eigenvalue weighted by atomic mass is 15.2. The summed E-state index contributed by atoms with van der Waals surface area (Å²) in [7, 11) is 1.83. The summed E-state index contributed by atoms with van der Waals surface area (Å²) in [5.41, 5.74) is 2.15. The third-order valence-electron chi connectivity index (χ3n) is 4.71. The van der Waals surface area contributed by atoms with Crippen LogP contribution in [0.5, 0.6) is 0 Å². The van der Waals surface area contributed by atoms with Crippen LogP contribution in [0.25, 0.3) is 11.0 Å². The first kappa shape index (κ1) is 17.7. The van der Waals surface area contributed by atoms with E-state index < -0.39 is 0 Å². The number of benzene rings is 1. The second kappa shape index (κ2) is 9.42. The Kier molecular flexibility index (Phi) is 6.68. The molecule has 0 atom stereocenters. The number of hydrogen-bond acceptors (Lipinski definition) is 3. The van der Waals surface area contributed by atoms with Gasteiger partial charge in [-0.3, -0.25) is 4.99 Å². The zero-order valence-electron chi connectivity index (χ0n) is 15.2. The van der Waals surface area contributed by atoms with Gasteiger partial charge in [0.15, 0.2) is 5.96 Å². The number of nitrogens with zero attached hydrogens (tertiary/aromatic N) is 3. The van der Waals surface area contributed by atoms with Gasteiger partial charge in [-0.1, -0.05) is 18.6 Å². The first-order valence-corrected chi connectivity index (χ1v) is 9.45. The van der Waals surface area contributed by atoms with Crippen LogP contribution in [0.15, 0.2) is 29.3 Å². The predicted octanol–water partition coefficient (Wildman–Crippen LogP) is 2.15. The lowest BCUT2D eigenvalue weighted by atomic mass is 10.1. The van der Waals surface area contributed by atoms with Crippen molar-refractivity contribution in [3.05, 3.63) is 30.1 Å². The minimum atomic E-state index is 0.889. The third-order valence-corrected chi connectivity index (χ3v) is 4.71. The number of piperidine rings is 1. The van der Waals surface area contributed by atoms with Crippen LogP contribution in [-0.4, -0.2) is 60.6 Å². The van der Waals surface area contributed by atoms with Gasteiger partial charge in [-0.15, -0.1) is 0 Å². The SMILES string of the molecule is CN=C(NCCCc1nc2ccccc2[nH]1)NCCN1CCCCC1. The van der Waals surface area contributed by atoms with Crippen LogP contribution in [0, 0.1) is 0 Å². The molecule has 0 spiro atoms. The number of para-hydroxylation sites is 2. The second-order valence-electron chi connectivity index (χ2n) is 6.63. The number of guanidine groups is 1. The molecule has 1 saturated heterocycles. The van der Waals surface area contributed by atoms with E-state index in [0.717, 1.165) is 55.3 Å². The molecular weight excluding hydrogens is 312 g/mol. The normalized spacial score (nSPS) is 16.3. The van der Waals surface area contributed by atoms with Gasteiger partial charge in [0, 0.05) is 33.1 Å². The second-order valence-corrected chi connectivity index (χ2v) is 6.63. The van der Waals surface area contributed by atoms with Gasteiger partial charge in [-0.2, -0.15) is 0 Å². The molecule has 3 N–H and O–H groups in total. The van der Waals surface area contributed by atoms with Gasteiger partial charge in [0.1, 0.15) is 5.82 Å². The van der Waals surface area contributed by atoms with Gasteiger partial charge < -0.3 is 20.5 Å². The van der Waals surface area contributed by atoms with Crippen molar-refractivity contribution in [3.63, 3.8) is 0 Å². The Labute approximate surface area is 150 Å². The van der Waals surface area contributed by atoms with Crippen LogP contribution in [-0.2, 0) is 6.42 Å². The molecule has 6 nitrogen and oxygen atoms in total. The van der Waals surface area contributed by atoms with E-state index in [1.165, 1.54) is 32.4 Å². The highest BCUT2D eigenvalue weighted by Gasteiger charge is 2.09. The lowest BCUT2D eigenvalue weighted by Crippen LogP contribution is -2.42. The van der Waals surface area contributed by atoms with Crippen LogP contribution >= 0.6 is 0 Å². The number of rotatable bonds is 7. The largest absolute Gasteiger partial charge is 0.356 e. The standard InChI is InChI=1S/C19H30N6/c1-20-19(22-12-15-25-13-5-2-6-14-25)21-11-7-10-18-23-16-8-3-4-9-17(16)24-18/h3-4,8-9H,2,5-7,10-15H2,1H3,(H,23,24)(H2,20,21,22). The van der Waals surface area contributed by atoms with Crippen molar-refractivity contribution < 1.29 is 0 Å². The fraction of sp³-hybridized carbons (Fsp3) is 0.579. The monoisotopic (exact) mass is 342 g/mol. The van der Waals surface area contributed by atoms with Crippen LogP contribution in [0.1, 0.15) is 31.5 Å². The van der Waals surface area contributed by atoms with Crippen molar-refractivity contribution in [1.82, 2.24) is 25.5 Å². The molecule has 1 aromatic heterocycles. The number of fused-ring (bicyclic) bond motifs is 1. The molecule has 0 amide bonds. The summed E-state index contributed by atoms with van der Waals surface area (Å²) < 4.78 is 0. The zero-order chi connectivity index (χ0) is 17.3. The number of aliphatic imine (C=N–C) groups is 1. The van der Waals surface area contributed by atoms with Crippen LogP contribution in [0.4, 0.5) is 0 Å². The summed E-state index contributed by atoms with van der Waals surface area (Å²) in [4.78, 5) is 14.8. The quantitative estimate of drug-likeness (QED) is 0.410. The highest BCUT2D eigenvalue weighted by Crippen LogP contribution is 2.11. The van der Waals surface area contributed by atoms with Crippen LogP contribution in [0.3, 0.4) is 0 Å². The van der Waals surface area contributed by atoms with Crippen molar-refractivity contribution in [2.75, 3.05) is 39.8 Å². The molecule has 6 heteroatoms. The number of imidazole rings is 1. The fourth-order valence-corrected chi connectivity index (χ4v) is 3.32. The topological polar surface area (TPSA) is 68.3 Å². The molecule has 3 rings (SSSR count). The van der Waals surface area contributed by atoms with Gasteiger partial charge in [0.05, 0.1) is 11.0 Å². The van der Waals surface area contributed by atoms with Gasteiger partial charge >= 0.3 is 0 Å². The highest BCUT2D eigenvalue weighted by molar-refractivity contribution is 5.79. The molecule has 136 valence electrons. The molecule has 0 aliphatic carbocycles. The molecule has 0 radical (unpaired) electrons. The first-order valence-electron chi connectivity index (χ1n) is 9.45. The molecule has 1 fully saturated rings. The minimum absolute atomic E-state index is 0.889. The summed E-state index contributed by atoms with van der Waals surface area (Å²) >= 11 is 0. The summed E-state index contributed by atoms with van der Waals surface area (Å²) in [6.07, 6.45) is 6.03. The fourth-order valence-electron chi connectivity index (χ4n) is 3.32. The van der Waals surface area contributed by atoms with Gasteiger partial charge in [-0.05, 0) is 44.5 Å². The lowest BCUT2D eigenvalue weighted by molar-refractivity contribution is 0.232. The molecule has 25 heavy (non-hydrogen) atoms. The number of H-pyrrole nitrogens is 1. The maximum Gasteiger partial charge on any atom is 0.191 e. The van der Waals surface area contributed by atoms with Gasteiger partial charge in [-0.25, -0.2) is 4.98 Å². The van der Waals surface area contributed by atoms with E-state index in [9.17, 15) is 0 Å². The molecular formula is C19H30N6. The van der Waals surface area contributed by atoms with Gasteiger partial charge in [0.2, 0.25) is 0 Å². The van der Waals surface area contributed by atoms with Gasteiger partial charge in [0.25, 0.3) is 0 Å². The summed E-state index contributed by atoms with van der Waals surface area (Å²) in [6, 6.07) is 8.17. The first-order chi connectivity index (χ1) is 12.3. The molecule has 0 unspecified atom stereocenters. The lowest BCUT2D eigenvalue weighted by Gasteiger charge is -2.26. The maximum atomic E-state index is 4.62. The van der Waals surface area contributed by atoms with Crippen molar-refractivity contribution in [2.45, 2.75) is 32.1 Å². The number of aromatic nitrogens is 2. The predicted molar refractivity (Wildman–Crippen MR) is 104 cm³/mol. The number of hydrogen-bond donors (Lipinski definition) is 3. The molecule has 1 aromatic carbocycles. The van der Waals surface area contributed by atoms with Crippen molar-refractivity contribution >= 4 is 17.0 Å². The number of nitrogens with one attached hydrogen (secondary N) is 3. The zero-order valence-corrected chi connectivity index (χ0v) is 15.2. The Morgan fingerprint density at radius 1 is 1.16 bits per heavy atom. The smallest absolute Gasteiger partial charge is 0.191 e. The Bertz CT molecular complexity index is 638. The van der Waals surface area contributed by atoms with E-state index in [0.29, 0.717) is 0 Å². The average molecular weight is 342 g/mol. The molecule has 1 aliphatic heterocycles. The van der Waals surface area contributed by atoms with Crippen LogP contribution in [0.2, 0.25) is 0 Å². The van der Waals surface area contributed by atoms with E-state index in [1.54, 1.807) is 0 Å². The Morgan fingerprint density at radius 3 is 2.76 bits per heavy atom. The Balaban J connectivity index is 1.32. The number of aryl methyl sites for hydroxylation is 1. The summed E-state index contributed by atoms with van der Waals surface area (Å²) in [5.74, 6) is 1.94. The molecule has 1 aliphatic rings. The molecule has 2 aromatic rings. The minimum Gasteiger partial charge on any atom is -0.356 e. The Hall–Kier alpha value is -2.08. The van der Waals surface area contributed by atoms with Crippen molar-refractivity contribution in [2.24, 2.45) is 4.99 Å². The van der Waals surface area contributed by atoms with Crippen molar-refractivity contribution in [1.29, 1.82) is 0 Å². The number of likely N-dealkylation sites (tertiary alicyclic amines) is 1. The van der Waals surface area contributed by atoms with E-state index in [1.807, 2.05) is 25.2 Å². The number of aromatic amines is 1. The van der Waals surface area contributed by atoms with E-state index >= 15 is 0 Å². The average Bonchev–Trinajstić information content (AvgIpc) is 3.07. The summed E-state index contributed by atoms with van der Waals surface area (Å²) in [6.45, 7) is 5.42. The van der Waals surface area contributed by atoms with E-state index in [2.05, 4.69) is 36.6 Å². The molecule has 2 heterocycles. The Morgan fingerprint density at radius 2 is 1.96 bits per heavy atom. The molecule has 0 bridgehead atoms. The summed E-state index contributed by atoms with van der Waals surface area (Å²) in [5, 5.41) is 6.80. The van der Waals surface area contributed by atoms with E-state index in [4.69, 9.17) is 0 Å². The van der Waals surface area contributed by atoms with E-state index in [-0.39, 0.29) is 0 Å². The maximum absolute atomic E-state index is 4.62. The van der Waals surface area contributed by atoms with Crippen molar-refractivity contribution in [3.8, 4) is 0 Å². The molecule has 0 saturated carbocycles. The van der Waals surface area contributed by atoms with Crippen LogP contribution < -0.4 is 10.6 Å². The third kappa shape index (κ3) is 5.46.